The van der Waals surface area contributed by atoms with Crippen LogP contribution in [0.1, 0.15) is 63.2 Å². The van der Waals surface area contributed by atoms with E-state index in [-0.39, 0.29) is 11.7 Å². The average molecular weight is 281 g/mol. The molecule has 5 nitrogen and oxygen atoms in total. The molecule has 1 heterocycles. The number of carboxylic acids is 1. The second kappa shape index (κ2) is 5.15. The molecule has 0 radical (unpaired) electrons. The van der Waals surface area contributed by atoms with Gasteiger partial charge in [-0.3, -0.25) is 4.79 Å². The van der Waals surface area contributed by atoms with Crippen molar-refractivity contribution in [1.82, 2.24) is 14.8 Å². The van der Waals surface area contributed by atoms with Crippen LogP contribution < -0.4 is 0 Å². The summed E-state index contributed by atoms with van der Waals surface area (Å²) >= 11 is 1.59. The van der Waals surface area contributed by atoms with E-state index in [2.05, 4.69) is 14.8 Å². The molecule has 1 atom stereocenters. The van der Waals surface area contributed by atoms with E-state index in [1.807, 2.05) is 6.92 Å². The molecule has 1 unspecified atom stereocenters. The summed E-state index contributed by atoms with van der Waals surface area (Å²) in [6.07, 6.45) is 5.90. The lowest BCUT2D eigenvalue weighted by Crippen LogP contribution is -2.11. The molecule has 2 aliphatic rings. The molecular weight excluding hydrogens is 262 g/mol. The fourth-order valence-corrected chi connectivity index (χ4v) is 3.41. The summed E-state index contributed by atoms with van der Waals surface area (Å²) < 4.78 is 2.28. The molecule has 1 aromatic heterocycles. The second-order valence-corrected chi connectivity index (χ2v) is 6.73. The molecule has 0 spiro atoms. The largest absolute Gasteiger partial charge is 0.481 e. The third kappa shape index (κ3) is 2.94. The monoisotopic (exact) mass is 281 g/mol. The molecule has 0 amide bonds. The number of hydrogen-bond donors (Lipinski definition) is 1. The Bertz CT molecular complexity index is 480. The van der Waals surface area contributed by atoms with Crippen LogP contribution in [0.4, 0.5) is 0 Å². The van der Waals surface area contributed by atoms with Gasteiger partial charge in [-0.15, -0.1) is 10.2 Å². The van der Waals surface area contributed by atoms with Crippen molar-refractivity contribution in [3.63, 3.8) is 0 Å². The van der Waals surface area contributed by atoms with Gasteiger partial charge in [0.15, 0.2) is 5.16 Å². The highest BCUT2D eigenvalue weighted by Gasteiger charge is 2.36. The molecule has 0 aliphatic heterocycles. The number of hydrogen-bond acceptors (Lipinski definition) is 4. The van der Waals surface area contributed by atoms with Crippen molar-refractivity contribution >= 4 is 17.7 Å². The molecule has 0 bridgehead atoms. The van der Waals surface area contributed by atoms with E-state index < -0.39 is 5.97 Å². The first-order chi connectivity index (χ1) is 9.19. The Morgan fingerprint density at radius 3 is 2.68 bits per heavy atom. The summed E-state index contributed by atoms with van der Waals surface area (Å²) in [5.74, 6) is 0.997. The molecule has 2 saturated carbocycles. The zero-order chi connectivity index (χ0) is 13.4. The summed E-state index contributed by atoms with van der Waals surface area (Å²) in [6, 6.07) is 0.565. The lowest BCUT2D eigenvalue weighted by Gasteiger charge is -2.13. The Kier molecular flexibility index (Phi) is 3.52. The van der Waals surface area contributed by atoms with Crippen molar-refractivity contribution in [3.8, 4) is 0 Å². The van der Waals surface area contributed by atoms with Crippen LogP contribution >= 0.6 is 11.8 Å². The Labute approximate surface area is 116 Å². The highest BCUT2D eigenvalue weighted by molar-refractivity contribution is 7.99. The topological polar surface area (TPSA) is 68.0 Å². The van der Waals surface area contributed by atoms with Crippen molar-refractivity contribution < 1.29 is 9.90 Å². The maximum Gasteiger partial charge on any atom is 0.304 e. The van der Waals surface area contributed by atoms with E-state index in [9.17, 15) is 4.79 Å². The van der Waals surface area contributed by atoms with Crippen molar-refractivity contribution in [1.29, 1.82) is 0 Å². The van der Waals surface area contributed by atoms with E-state index in [0.29, 0.717) is 12.0 Å². The zero-order valence-corrected chi connectivity index (χ0v) is 11.9. The number of aliphatic carboxylic acids is 1. The van der Waals surface area contributed by atoms with Crippen molar-refractivity contribution in [2.45, 2.75) is 67.8 Å². The maximum absolute atomic E-state index is 10.9. The number of aromatic nitrogens is 3. The maximum atomic E-state index is 10.9. The number of nitrogens with zero attached hydrogens (tertiary/aromatic N) is 3. The molecule has 104 valence electrons. The fraction of sp³-hybridized carbons (Fsp3) is 0.769. The molecule has 19 heavy (non-hydrogen) atoms. The van der Waals surface area contributed by atoms with Crippen LogP contribution in [0.5, 0.6) is 0 Å². The van der Waals surface area contributed by atoms with Crippen LogP contribution in [0.25, 0.3) is 0 Å². The van der Waals surface area contributed by atoms with Crippen LogP contribution in [0, 0.1) is 0 Å². The van der Waals surface area contributed by atoms with E-state index >= 15 is 0 Å². The first-order valence-corrected chi connectivity index (χ1v) is 7.90. The number of rotatable bonds is 7. The number of thioether (sulfide) groups is 1. The molecule has 0 saturated heterocycles. The number of carboxylic acid groups (broad SMARTS) is 1. The van der Waals surface area contributed by atoms with Gasteiger partial charge in [0.05, 0.1) is 6.42 Å². The zero-order valence-electron chi connectivity index (χ0n) is 11.1. The summed E-state index contributed by atoms with van der Waals surface area (Å²) in [5, 5.41) is 18.6. The van der Waals surface area contributed by atoms with Crippen LogP contribution in [0.3, 0.4) is 0 Å². The SMILES string of the molecule is CCC(CC(=O)O)Sc1nnc(C2CC2)n1C1CC1. The normalized spacial score (nSPS) is 20.5. The Hall–Kier alpha value is -1.04. The summed E-state index contributed by atoms with van der Waals surface area (Å²) in [5.41, 5.74) is 0. The molecule has 1 N–H and O–H groups in total. The Balaban J connectivity index is 1.77. The van der Waals surface area contributed by atoms with E-state index in [1.54, 1.807) is 11.8 Å². The minimum atomic E-state index is -0.737. The molecule has 6 heteroatoms. The first kappa shape index (κ1) is 13.0. The second-order valence-electron chi connectivity index (χ2n) is 5.46. The standard InChI is InChI=1S/C13H19N3O2S/c1-2-10(7-11(17)18)19-13-15-14-12(8-3-4-8)16(13)9-5-6-9/h8-10H,2-7H2,1H3,(H,17,18). The predicted molar refractivity (Wildman–Crippen MR) is 72.5 cm³/mol. The van der Waals surface area contributed by atoms with E-state index in [0.717, 1.165) is 17.4 Å². The van der Waals surface area contributed by atoms with Crippen molar-refractivity contribution in [2.75, 3.05) is 0 Å². The fourth-order valence-electron chi connectivity index (χ4n) is 2.28. The van der Waals surface area contributed by atoms with Crippen LogP contribution in [-0.4, -0.2) is 31.1 Å². The van der Waals surface area contributed by atoms with Gasteiger partial charge in [0, 0.05) is 17.2 Å². The van der Waals surface area contributed by atoms with Gasteiger partial charge < -0.3 is 9.67 Å². The van der Waals surface area contributed by atoms with E-state index in [4.69, 9.17) is 5.11 Å². The highest BCUT2D eigenvalue weighted by atomic mass is 32.2. The third-order valence-corrected chi connectivity index (χ3v) is 5.00. The molecule has 3 rings (SSSR count). The van der Waals surface area contributed by atoms with Gasteiger partial charge in [-0.1, -0.05) is 18.7 Å². The van der Waals surface area contributed by atoms with Gasteiger partial charge >= 0.3 is 5.97 Å². The van der Waals surface area contributed by atoms with Crippen molar-refractivity contribution in [3.05, 3.63) is 5.82 Å². The molecule has 1 aromatic rings. The van der Waals surface area contributed by atoms with Gasteiger partial charge in [0.25, 0.3) is 0 Å². The van der Waals surface area contributed by atoms with Crippen LogP contribution in [0.15, 0.2) is 5.16 Å². The minimum Gasteiger partial charge on any atom is -0.481 e. The minimum absolute atomic E-state index is 0.0891. The van der Waals surface area contributed by atoms with Crippen LogP contribution in [0.2, 0.25) is 0 Å². The third-order valence-electron chi connectivity index (χ3n) is 3.68. The van der Waals surface area contributed by atoms with Gasteiger partial charge in [0.1, 0.15) is 5.82 Å². The lowest BCUT2D eigenvalue weighted by molar-refractivity contribution is -0.136. The van der Waals surface area contributed by atoms with Gasteiger partial charge in [-0.2, -0.15) is 0 Å². The summed E-state index contributed by atoms with van der Waals surface area (Å²) in [7, 11) is 0. The van der Waals surface area contributed by atoms with E-state index in [1.165, 1.54) is 25.7 Å². The lowest BCUT2D eigenvalue weighted by atomic mass is 10.2. The molecule has 0 aromatic carbocycles. The van der Waals surface area contributed by atoms with Gasteiger partial charge in [-0.25, -0.2) is 0 Å². The first-order valence-electron chi connectivity index (χ1n) is 7.02. The molecule has 2 aliphatic carbocycles. The summed E-state index contributed by atoms with van der Waals surface area (Å²) in [4.78, 5) is 10.9. The molecule has 2 fully saturated rings. The molecular formula is C13H19N3O2S. The highest BCUT2D eigenvalue weighted by Crippen LogP contribution is 2.46. The Morgan fingerprint density at radius 1 is 1.42 bits per heavy atom. The van der Waals surface area contributed by atoms with Gasteiger partial charge in [-0.05, 0) is 32.1 Å². The van der Waals surface area contributed by atoms with Gasteiger partial charge in [0.2, 0.25) is 0 Å². The summed E-state index contributed by atoms with van der Waals surface area (Å²) in [6.45, 7) is 2.03. The quantitative estimate of drug-likeness (QED) is 0.778. The average Bonchev–Trinajstić information content (AvgIpc) is 3.27. The Morgan fingerprint density at radius 2 is 2.16 bits per heavy atom. The smallest absolute Gasteiger partial charge is 0.304 e. The van der Waals surface area contributed by atoms with Crippen molar-refractivity contribution in [2.24, 2.45) is 0 Å². The van der Waals surface area contributed by atoms with Crippen LogP contribution in [-0.2, 0) is 4.79 Å². The predicted octanol–water partition coefficient (Wildman–Crippen LogP) is 2.84. The number of carbonyl (C=O) groups is 1.